The first-order valence-electron chi connectivity index (χ1n) is 5.41. The lowest BCUT2D eigenvalue weighted by Crippen LogP contribution is -2.28. The van der Waals surface area contributed by atoms with Gasteiger partial charge in [0.05, 0.1) is 5.69 Å². The molecule has 2 heterocycles. The molecule has 0 aliphatic carbocycles. The van der Waals surface area contributed by atoms with Gasteiger partial charge in [-0.1, -0.05) is 18.3 Å². The Hall–Kier alpha value is -1.82. The van der Waals surface area contributed by atoms with E-state index >= 15 is 0 Å². The zero-order chi connectivity index (χ0) is 13.2. The largest absolute Gasteiger partial charge is 0.378 e. The third-order valence-corrected chi connectivity index (χ3v) is 3.42. The molecule has 1 unspecified atom stereocenters. The number of nitrogens with one attached hydrogen (secondary N) is 1. The Morgan fingerprint density at radius 2 is 2.44 bits per heavy atom. The number of amides is 1. The van der Waals surface area contributed by atoms with E-state index in [0.717, 1.165) is 10.6 Å². The molecule has 18 heavy (non-hydrogen) atoms. The summed E-state index contributed by atoms with van der Waals surface area (Å²) >= 11 is 1.39. The Morgan fingerprint density at radius 1 is 1.67 bits per heavy atom. The van der Waals surface area contributed by atoms with Crippen molar-refractivity contribution in [3.05, 3.63) is 35.5 Å². The number of rotatable bonds is 3. The van der Waals surface area contributed by atoms with Crippen LogP contribution in [0, 0.1) is 0 Å². The van der Waals surface area contributed by atoms with Gasteiger partial charge in [-0.3, -0.25) is 9.78 Å². The molecule has 1 aliphatic rings. The second kappa shape index (κ2) is 4.81. The number of hydrogen-bond acceptors (Lipinski definition) is 5. The second-order valence-electron chi connectivity index (χ2n) is 4.23. The van der Waals surface area contributed by atoms with E-state index in [2.05, 4.69) is 21.9 Å². The summed E-state index contributed by atoms with van der Waals surface area (Å²) in [6.07, 6.45) is 2.95. The fourth-order valence-electron chi connectivity index (χ4n) is 1.90. The highest BCUT2D eigenvalue weighted by atomic mass is 32.2. The topological polar surface area (TPSA) is 80.4 Å². The molecule has 1 aliphatic heterocycles. The number of aliphatic imine (C=N–C) groups is 1. The molecule has 1 amide bonds. The summed E-state index contributed by atoms with van der Waals surface area (Å²) in [4.78, 5) is 20.2. The third-order valence-electron chi connectivity index (χ3n) is 2.68. The zero-order valence-electron chi connectivity index (χ0n) is 10.0. The average molecular weight is 262 g/mol. The molecule has 1 aromatic heterocycles. The average Bonchev–Trinajstić information content (AvgIpc) is 2.28. The number of carbonyl (C=O) groups excluding carboxylic acids is 1. The smallest absolute Gasteiger partial charge is 0.211 e. The van der Waals surface area contributed by atoms with Crippen molar-refractivity contribution < 1.29 is 4.79 Å². The van der Waals surface area contributed by atoms with E-state index in [0.29, 0.717) is 23.7 Å². The molecular weight excluding hydrogens is 248 g/mol. The maximum Gasteiger partial charge on any atom is 0.211 e. The van der Waals surface area contributed by atoms with Gasteiger partial charge < -0.3 is 11.1 Å². The minimum atomic E-state index is -0.521. The molecule has 0 saturated heterocycles. The lowest BCUT2D eigenvalue weighted by molar-refractivity contribution is -0.105. The van der Waals surface area contributed by atoms with E-state index in [1.165, 1.54) is 11.8 Å². The summed E-state index contributed by atoms with van der Waals surface area (Å²) in [6, 6.07) is 3.52. The SMILES string of the molecule is C=C1CC(C)(c2cc(NC=O)ccn2)N=C(N)S1. The first kappa shape index (κ1) is 12.6. The van der Waals surface area contributed by atoms with E-state index in [4.69, 9.17) is 5.73 Å². The van der Waals surface area contributed by atoms with E-state index in [1.807, 2.05) is 6.92 Å². The Bertz CT molecular complexity index is 529. The minimum Gasteiger partial charge on any atom is -0.378 e. The van der Waals surface area contributed by atoms with Gasteiger partial charge in [-0.2, -0.15) is 0 Å². The fourth-order valence-corrected chi connectivity index (χ4v) is 2.80. The number of thioether (sulfide) groups is 1. The third kappa shape index (κ3) is 2.53. The van der Waals surface area contributed by atoms with Crippen LogP contribution in [0.1, 0.15) is 19.0 Å². The molecule has 0 spiro atoms. The number of pyridine rings is 1. The van der Waals surface area contributed by atoms with Crippen LogP contribution in [0.15, 0.2) is 34.8 Å². The Morgan fingerprint density at radius 3 is 3.11 bits per heavy atom. The molecule has 0 fully saturated rings. The molecule has 5 nitrogen and oxygen atoms in total. The summed E-state index contributed by atoms with van der Waals surface area (Å²) in [5, 5.41) is 3.09. The van der Waals surface area contributed by atoms with Crippen LogP contribution in [0.25, 0.3) is 0 Å². The van der Waals surface area contributed by atoms with Crippen molar-refractivity contribution in [1.82, 2.24) is 4.98 Å². The predicted octanol–water partition coefficient (Wildman–Crippen LogP) is 1.83. The number of aromatic nitrogens is 1. The fraction of sp³-hybridized carbons (Fsp3) is 0.250. The van der Waals surface area contributed by atoms with Crippen molar-refractivity contribution >= 4 is 29.0 Å². The molecule has 0 saturated carbocycles. The molecular formula is C12H14N4OS. The van der Waals surface area contributed by atoms with E-state index < -0.39 is 5.54 Å². The van der Waals surface area contributed by atoms with Gasteiger partial charge in [-0.25, -0.2) is 4.99 Å². The van der Waals surface area contributed by atoms with E-state index in [9.17, 15) is 4.79 Å². The lowest BCUT2D eigenvalue weighted by Gasteiger charge is -2.29. The highest BCUT2D eigenvalue weighted by Gasteiger charge is 2.32. The van der Waals surface area contributed by atoms with Gasteiger partial charge in [0, 0.05) is 18.3 Å². The van der Waals surface area contributed by atoms with Crippen LogP contribution < -0.4 is 11.1 Å². The van der Waals surface area contributed by atoms with Crippen LogP contribution in [-0.2, 0) is 10.3 Å². The highest BCUT2D eigenvalue weighted by Crippen LogP contribution is 2.39. The van der Waals surface area contributed by atoms with Gasteiger partial charge in [-0.05, 0) is 24.0 Å². The van der Waals surface area contributed by atoms with Crippen LogP contribution in [0.2, 0.25) is 0 Å². The quantitative estimate of drug-likeness (QED) is 0.814. The Kier molecular flexibility index (Phi) is 3.38. The summed E-state index contributed by atoms with van der Waals surface area (Å²) in [6.45, 7) is 5.90. The standard InChI is InChI=1S/C12H14N4OS/c1-8-6-12(2,16-11(13)18-8)10-5-9(15-7-17)3-4-14-10/h3-5,7H,1,6H2,2H3,(H2,13,16)(H,14,15,17). The van der Waals surface area contributed by atoms with Gasteiger partial charge in [-0.15, -0.1) is 0 Å². The van der Waals surface area contributed by atoms with Crippen molar-refractivity contribution in [3.8, 4) is 0 Å². The molecule has 0 aromatic carbocycles. The number of nitrogens with two attached hydrogens (primary N) is 1. The molecule has 3 N–H and O–H groups in total. The Balaban J connectivity index is 2.40. The van der Waals surface area contributed by atoms with Gasteiger partial charge in [0.15, 0.2) is 5.17 Å². The molecule has 94 valence electrons. The number of anilines is 1. The number of amidine groups is 1. The van der Waals surface area contributed by atoms with Gasteiger partial charge in [0.1, 0.15) is 5.54 Å². The van der Waals surface area contributed by atoms with Gasteiger partial charge >= 0.3 is 0 Å². The summed E-state index contributed by atoms with van der Waals surface area (Å²) < 4.78 is 0. The van der Waals surface area contributed by atoms with Crippen LogP contribution in [0.4, 0.5) is 5.69 Å². The molecule has 6 heteroatoms. The van der Waals surface area contributed by atoms with E-state index in [1.54, 1.807) is 18.3 Å². The van der Waals surface area contributed by atoms with Crippen molar-refractivity contribution in [2.75, 3.05) is 5.32 Å². The molecule has 1 aromatic rings. The van der Waals surface area contributed by atoms with Crippen LogP contribution in [-0.4, -0.2) is 16.6 Å². The first-order valence-corrected chi connectivity index (χ1v) is 6.23. The highest BCUT2D eigenvalue weighted by molar-refractivity contribution is 8.17. The molecule has 1 atom stereocenters. The van der Waals surface area contributed by atoms with Gasteiger partial charge in [0.2, 0.25) is 6.41 Å². The normalized spacial score (nSPS) is 23.4. The zero-order valence-corrected chi connectivity index (χ0v) is 10.8. The summed E-state index contributed by atoms with van der Waals surface area (Å²) in [5.74, 6) is 0. The number of nitrogens with zero attached hydrogens (tertiary/aromatic N) is 2. The van der Waals surface area contributed by atoms with Crippen LogP contribution >= 0.6 is 11.8 Å². The second-order valence-corrected chi connectivity index (χ2v) is 5.43. The summed E-state index contributed by atoms with van der Waals surface area (Å²) in [7, 11) is 0. The minimum absolute atomic E-state index is 0.490. The summed E-state index contributed by atoms with van der Waals surface area (Å²) in [5.41, 5.74) is 6.72. The monoisotopic (exact) mass is 262 g/mol. The molecule has 2 rings (SSSR count). The Labute approximate surface area is 110 Å². The van der Waals surface area contributed by atoms with Crippen molar-refractivity contribution in [1.29, 1.82) is 0 Å². The van der Waals surface area contributed by atoms with Crippen molar-refractivity contribution in [2.45, 2.75) is 18.9 Å². The maximum absolute atomic E-state index is 10.4. The van der Waals surface area contributed by atoms with E-state index in [-0.39, 0.29) is 0 Å². The van der Waals surface area contributed by atoms with Crippen LogP contribution in [0.5, 0.6) is 0 Å². The predicted molar refractivity (Wildman–Crippen MR) is 74.2 cm³/mol. The lowest BCUT2D eigenvalue weighted by atomic mass is 9.93. The first-order chi connectivity index (χ1) is 8.53. The van der Waals surface area contributed by atoms with Gasteiger partial charge in [0.25, 0.3) is 0 Å². The van der Waals surface area contributed by atoms with Crippen molar-refractivity contribution in [3.63, 3.8) is 0 Å². The number of carbonyl (C=O) groups is 1. The maximum atomic E-state index is 10.4. The molecule has 0 bridgehead atoms. The van der Waals surface area contributed by atoms with Crippen LogP contribution in [0.3, 0.4) is 0 Å². The number of hydrogen-bond donors (Lipinski definition) is 2. The molecule has 0 radical (unpaired) electrons. The van der Waals surface area contributed by atoms with Crippen molar-refractivity contribution in [2.24, 2.45) is 10.7 Å².